The Labute approximate surface area is 292 Å². The zero-order valence-electron chi connectivity index (χ0n) is 27.6. The summed E-state index contributed by atoms with van der Waals surface area (Å²) in [4.78, 5) is 0. The lowest BCUT2D eigenvalue weighted by Crippen LogP contribution is -1.94. The van der Waals surface area contributed by atoms with E-state index >= 15 is 0 Å². The molecule has 3 heteroatoms. The van der Waals surface area contributed by atoms with Gasteiger partial charge in [-0.25, -0.2) is 0 Å². The predicted molar refractivity (Wildman–Crippen MR) is 215 cm³/mol. The summed E-state index contributed by atoms with van der Waals surface area (Å²) in [6, 6.07) is 64.7. The van der Waals surface area contributed by atoms with E-state index in [1.54, 1.807) is 0 Å². The van der Waals surface area contributed by atoms with Crippen molar-refractivity contribution in [3.05, 3.63) is 176 Å². The molecule has 0 aliphatic rings. The molecule has 0 fully saturated rings. The molecular formula is C48H29N3. The summed E-state index contributed by atoms with van der Waals surface area (Å²) in [5.74, 6) is 0. The first kappa shape index (κ1) is 27.0. The van der Waals surface area contributed by atoms with Crippen molar-refractivity contribution < 1.29 is 0 Å². The lowest BCUT2D eigenvalue weighted by Gasteiger charge is -2.10. The van der Waals surface area contributed by atoms with Gasteiger partial charge in [-0.15, -0.1) is 0 Å². The fraction of sp³-hybridized carbons (Fsp3) is 0. The first-order valence-corrected chi connectivity index (χ1v) is 17.6. The average Bonchev–Trinajstić information content (AvgIpc) is 3.92. The average molecular weight is 648 g/mol. The number of fused-ring (bicyclic) bond motifs is 12. The second-order valence-electron chi connectivity index (χ2n) is 13.8. The summed E-state index contributed by atoms with van der Waals surface area (Å²) in [7, 11) is 0. The quantitative estimate of drug-likeness (QED) is 0.181. The van der Waals surface area contributed by atoms with Crippen LogP contribution in [0.4, 0.5) is 0 Å². The van der Waals surface area contributed by atoms with Gasteiger partial charge < -0.3 is 13.5 Å². The van der Waals surface area contributed by atoms with Crippen molar-refractivity contribution >= 4 is 81.7 Å². The lowest BCUT2D eigenvalue weighted by atomic mass is 10.0. The third kappa shape index (κ3) is 3.57. The molecule has 236 valence electrons. The van der Waals surface area contributed by atoms with Crippen molar-refractivity contribution in [2.24, 2.45) is 0 Å². The Kier molecular flexibility index (Phi) is 5.23. The highest BCUT2D eigenvalue weighted by atomic mass is 15.0. The number of benzene rings is 8. The zero-order valence-corrected chi connectivity index (χ0v) is 27.6. The molecule has 0 saturated heterocycles. The third-order valence-corrected chi connectivity index (χ3v) is 11.2. The first-order valence-electron chi connectivity index (χ1n) is 17.6. The molecule has 3 nitrogen and oxygen atoms in total. The largest absolute Gasteiger partial charge is 0.309 e. The van der Waals surface area contributed by atoms with Crippen LogP contribution in [-0.4, -0.2) is 13.5 Å². The van der Waals surface area contributed by atoms with Gasteiger partial charge in [0.05, 0.1) is 38.6 Å². The minimum absolute atomic E-state index is 1.17. The highest BCUT2D eigenvalue weighted by molar-refractivity contribution is 6.23. The molecule has 12 rings (SSSR count). The molecule has 4 heterocycles. The van der Waals surface area contributed by atoms with Crippen LogP contribution in [0.3, 0.4) is 0 Å². The molecular weight excluding hydrogens is 619 g/mol. The van der Waals surface area contributed by atoms with Crippen molar-refractivity contribution in [1.29, 1.82) is 0 Å². The minimum Gasteiger partial charge on any atom is -0.309 e. The normalized spacial score (nSPS) is 12.3. The van der Waals surface area contributed by atoms with E-state index in [0.29, 0.717) is 0 Å². The maximum atomic E-state index is 2.47. The summed E-state index contributed by atoms with van der Waals surface area (Å²) in [5, 5.41) is 10.3. The van der Waals surface area contributed by atoms with Crippen LogP contribution in [-0.2, 0) is 0 Å². The molecule has 51 heavy (non-hydrogen) atoms. The topological polar surface area (TPSA) is 14.3 Å². The molecule has 0 saturated carbocycles. The Balaban J connectivity index is 1.08. The molecule has 0 aliphatic carbocycles. The smallest absolute Gasteiger partial charge is 0.0620 e. The number of rotatable bonds is 3. The number of hydrogen-bond donors (Lipinski definition) is 0. The second-order valence-corrected chi connectivity index (χ2v) is 13.8. The Morgan fingerprint density at radius 2 is 0.765 bits per heavy atom. The van der Waals surface area contributed by atoms with E-state index in [2.05, 4.69) is 189 Å². The molecule has 0 amide bonds. The predicted octanol–water partition coefficient (Wildman–Crippen LogP) is 12.7. The van der Waals surface area contributed by atoms with E-state index in [-0.39, 0.29) is 0 Å². The van der Waals surface area contributed by atoms with E-state index in [4.69, 9.17) is 0 Å². The summed E-state index contributed by atoms with van der Waals surface area (Å²) < 4.78 is 7.30. The van der Waals surface area contributed by atoms with Crippen LogP contribution in [0.15, 0.2) is 176 Å². The van der Waals surface area contributed by atoms with Crippen LogP contribution in [0.2, 0.25) is 0 Å². The van der Waals surface area contributed by atoms with E-state index in [0.717, 1.165) is 0 Å². The van der Waals surface area contributed by atoms with Crippen LogP contribution in [0.25, 0.3) is 104 Å². The third-order valence-electron chi connectivity index (χ3n) is 11.2. The standard InChI is InChI=1S/C48H29N3/c1-2-11-32(12-3-1)49-42-18-7-4-13-34(42)37-24-21-31(28-46(37)49)30-22-26-45-41(27-30)36-15-6-8-19-43(36)50(45)33-23-25-38-40-17-10-16-39-35-14-5-9-20-44(35)51(48(39)40)47(38)29-33/h1-29H. The number of aromatic nitrogens is 3. The van der Waals surface area contributed by atoms with Gasteiger partial charge >= 0.3 is 0 Å². The molecule has 8 aromatic carbocycles. The Bertz CT molecular complexity index is 3360. The highest BCUT2D eigenvalue weighted by Gasteiger charge is 2.20. The summed E-state index contributed by atoms with van der Waals surface area (Å²) >= 11 is 0. The molecule has 0 N–H and O–H groups in total. The van der Waals surface area contributed by atoms with Gasteiger partial charge in [0.2, 0.25) is 0 Å². The first-order chi connectivity index (χ1) is 25.3. The minimum atomic E-state index is 1.17. The van der Waals surface area contributed by atoms with Gasteiger partial charge in [-0.2, -0.15) is 0 Å². The number of para-hydroxylation sites is 5. The fourth-order valence-corrected chi connectivity index (χ4v) is 8.99. The second kappa shape index (κ2) is 9.87. The number of nitrogens with zero attached hydrogens (tertiary/aromatic N) is 3. The van der Waals surface area contributed by atoms with E-state index in [1.165, 1.54) is 104 Å². The van der Waals surface area contributed by atoms with E-state index in [1.807, 2.05) is 0 Å². The van der Waals surface area contributed by atoms with Crippen LogP contribution >= 0.6 is 0 Å². The van der Waals surface area contributed by atoms with Crippen LogP contribution in [0.5, 0.6) is 0 Å². The lowest BCUT2D eigenvalue weighted by molar-refractivity contribution is 1.18. The maximum Gasteiger partial charge on any atom is 0.0620 e. The van der Waals surface area contributed by atoms with Gasteiger partial charge in [0, 0.05) is 54.5 Å². The van der Waals surface area contributed by atoms with Crippen LogP contribution in [0.1, 0.15) is 0 Å². The van der Waals surface area contributed by atoms with E-state index < -0.39 is 0 Å². The molecule has 0 bridgehead atoms. The molecule has 0 atom stereocenters. The highest BCUT2D eigenvalue weighted by Crippen LogP contribution is 2.42. The molecule has 12 aromatic rings. The molecule has 4 aromatic heterocycles. The van der Waals surface area contributed by atoms with Gasteiger partial charge in [0.1, 0.15) is 0 Å². The van der Waals surface area contributed by atoms with Crippen molar-refractivity contribution in [2.45, 2.75) is 0 Å². The molecule has 0 spiro atoms. The summed E-state index contributed by atoms with van der Waals surface area (Å²) in [5.41, 5.74) is 13.4. The van der Waals surface area contributed by atoms with Gasteiger partial charge in [-0.1, -0.05) is 115 Å². The van der Waals surface area contributed by atoms with Crippen LogP contribution in [0, 0.1) is 0 Å². The molecule has 0 aliphatic heterocycles. The van der Waals surface area contributed by atoms with Crippen molar-refractivity contribution in [3.63, 3.8) is 0 Å². The number of hydrogen-bond acceptors (Lipinski definition) is 0. The zero-order chi connectivity index (χ0) is 33.2. The van der Waals surface area contributed by atoms with Crippen molar-refractivity contribution in [3.8, 4) is 22.5 Å². The summed E-state index contributed by atoms with van der Waals surface area (Å²) in [6.07, 6.45) is 0. The van der Waals surface area contributed by atoms with Gasteiger partial charge in [0.15, 0.2) is 0 Å². The maximum absolute atomic E-state index is 2.47. The van der Waals surface area contributed by atoms with E-state index in [9.17, 15) is 0 Å². The van der Waals surface area contributed by atoms with Crippen molar-refractivity contribution in [1.82, 2.24) is 13.5 Å². The molecule has 0 radical (unpaired) electrons. The summed E-state index contributed by atoms with van der Waals surface area (Å²) in [6.45, 7) is 0. The van der Waals surface area contributed by atoms with Crippen LogP contribution < -0.4 is 0 Å². The monoisotopic (exact) mass is 647 g/mol. The fourth-order valence-electron chi connectivity index (χ4n) is 8.99. The Morgan fingerprint density at radius 1 is 0.255 bits per heavy atom. The SMILES string of the molecule is c1ccc(-n2c3ccccc3c3ccc(-c4ccc5c(c4)c4ccccc4n5-c4ccc5c6cccc7c8ccccc8n(c5c4)c76)cc32)cc1. The Hall–Kier alpha value is -6.84. The van der Waals surface area contributed by atoms with Gasteiger partial charge in [-0.3, -0.25) is 0 Å². The van der Waals surface area contributed by atoms with Crippen molar-refractivity contribution in [2.75, 3.05) is 0 Å². The van der Waals surface area contributed by atoms with Gasteiger partial charge in [-0.05, 0) is 71.8 Å². The molecule has 0 unspecified atom stereocenters. The van der Waals surface area contributed by atoms with Gasteiger partial charge in [0.25, 0.3) is 0 Å². The Morgan fingerprint density at radius 3 is 1.53 bits per heavy atom.